The summed E-state index contributed by atoms with van der Waals surface area (Å²) in [5, 5.41) is 0. The second kappa shape index (κ2) is 3.04. The van der Waals surface area contributed by atoms with Gasteiger partial charge in [-0.25, -0.2) is 4.39 Å². The molecular formula is C9H16FNO. The van der Waals surface area contributed by atoms with Gasteiger partial charge in [0.2, 0.25) is 5.91 Å². The zero-order chi connectivity index (χ0) is 9.35. The third-order valence-electron chi connectivity index (χ3n) is 2.23. The van der Waals surface area contributed by atoms with Crippen molar-refractivity contribution in [2.45, 2.75) is 32.9 Å². The van der Waals surface area contributed by atoms with Gasteiger partial charge in [-0.3, -0.25) is 4.79 Å². The van der Waals surface area contributed by atoms with E-state index in [0.717, 1.165) is 0 Å². The van der Waals surface area contributed by atoms with Crippen LogP contribution in [0.1, 0.15) is 27.2 Å². The Morgan fingerprint density at radius 1 is 1.58 bits per heavy atom. The first-order valence-corrected chi connectivity index (χ1v) is 4.40. The largest absolute Gasteiger partial charge is 0.339 e. The maximum Gasteiger partial charge on any atom is 0.225 e. The number of carbonyl (C=O) groups is 1. The molecule has 1 rings (SSSR count). The first-order chi connectivity index (χ1) is 5.42. The van der Waals surface area contributed by atoms with Crippen molar-refractivity contribution in [1.29, 1.82) is 0 Å². The summed E-state index contributed by atoms with van der Waals surface area (Å²) in [6.45, 7) is 6.08. The van der Waals surface area contributed by atoms with Gasteiger partial charge < -0.3 is 4.90 Å². The van der Waals surface area contributed by atoms with E-state index in [1.54, 1.807) is 11.8 Å². The van der Waals surface area contributed by atoms with E-state index in [1.165, 1.54) is 0 Å². The average molecular weight is 173 g/mol. The van der Waals surface area contributed by atoms with Crippen LogP contribution in [0.2, 0.25) is 0 Å². The SMILES string of the molecule is CC(C)C(=O)N1CCC(C)(F)C1. The van der Waals surface area contributed by atoms with Gasteiger partial charge in [-0.15, -0.1) is 0 Å². The Balaban J connectivity index is 2.53. The second-order valence-electron chi connectivity index (χ2n) is 4.08. The van der Waals surface area contributed by atoms with Crippen LogP contribution in [0.4, 0.5) is 4.39 Å². The summed E-state index contributed by atoms with van der Waals surface area (Å²) in [6, 6.07) is 0. The van der Waals surface area contributed by atoms with Gasteiger partial charge in [0.05, 0.1) is 6.54 Å². The molecule has 70 valence electrons. The summed E-state index contributed by atoms with van der Waals surface area (Å²) >= 11 is 0. The van der Waals surface area contributed by atoms with Crippen molar-refractivity contribution in [3.63, 3.8) is 0 Å². The van der Waals surface area contributed by atoms with Gasteiger partial charge in [-0.1, -0.05) is 13.8 Å². The average Bonchev–Trinajstić information content (AvgIpc) is 2.28. The zero-order valence-electron chi connectivity index (χ0n) is 7.93. The summed E-state index contributed by atoms with van der Waals surface area (Å²) in [7, 11) is 0. The fraction of sp³-hybridized carbons (Fsp3) is 0.889. The molecule has 0 aromatic carbocycles. The first-order valence-electron chi connectivity index (χ1n) is 4.40. The van der Waals surface area contributed by atoms with Crippen LogP contribution in [-0.2, 0) is 4.79 Å². The van der Waals surface area contributed by atoms with E-state index in [2.05, 4.69) is 0 Å². The van der Waals surface area contributed by atoms with Crippen LogP contribution in [-0.4, -0.2) is 29.6 Å². The number of hydrogen-bond donors (Lipinski definition) is 0. The third-order valence-corrected chi connectivity index (χ3v) is 2.23. The number of amides is 1. The van der Waals surface area contributed by atoms with E-state index < -0.39 is 5.67 Å². The highest BCUT2D eigenvalue weighted by Crippen LogP contribution is 2.25. The van der Waals surface area contributed by atoms with Crippen molar-refractivity contribution in [3.8, 4) is 0 Å². The highest BCUT2D eigenvalue weighted by molar-refractivity contribution is 5.78. The molecule has 12 heavy (non-hydrogen) atoms. The monoisotopic (exact) mass is 173 g/mol. The van der Waals surface area contributed by atoms with E-state index in [0.29, 0.717) is 13.0 Å². The quantitative estimate of drug-likeness (QED) is 0.590. The maximum absolute atomic E-state index is 13.3. The van der Waals surface area contributed by atoms with Crippen molar-refractivity contribution < 1.29 is 9.18 Å². The summed E-state index contributed by atoms with van der Waals surface area (Å²) < 4.78 is 13.3. The molecule has 0 aromatic heterocycles. The Morgan fingerprint density at radius 3 is 2.50 bits per heavy atom. The van der Waals surface area contributed by atoms with E-state index in [9.17, 15) is 9.18 Å². The van der Waals surface area contributed by atoms with Crippen LogP contribution in [0, 0.1) is 5.92 Å². The van der Waals surface area contributed by atoms with Gasteiger partial charge in [0.1, 0.15) is 5.67 Å². The van der Waals surface area contributed by atoms with E-state index >= 15 is 0 Å². The first kappa shape index (κ1) is 9.49. The van der Waals surface area contributed by atoms with Crippen molar-refractivity contribution in [1.82, 2.24) is 4.90 Å². The molecular weight excluding hydrogens is 157 g/mol. The fourth-order valence-electron chi connectivity index (χ4n) is 1.48. The van der Waals surface area contributed by atoms with Crippen molar-refractivity contribution in [2.75, 3.05) is 13.1 Å². The lowest BCUT2D eigenvalue weighted by Crippen LogP contribution is -2.34. The van der Waals surface area contributed by atoms with Crippen LogP contribution < -0.4 is 0 Å². The third kappa shape index (κ3) is 1.96. The number of nitrogens with zero attached hydrogens (tertiary/aromatic N) is 1. The van der Waals surface area contributed by atoms with Gasteiger partial charge in [-0.05, 0) is 6.92 Å². The number of carbonyl (C=O) groups excluding carboxylic acids is 1. The van der Waals surface area contributed by atoms with Gasteiger partial charge in [0, 0.05) is 18.9 Å². The molecule has 1 unspecified atom stereocenters. The molecule has 1 saturated heterocycles. The molecule has 2 nitrogen and oxygen atoms in total. The lowest BCUT2D eigenvalue weighted by molar-refractivity contribution is -0.133. The Bertz CT molecular complexity index is 189. The summed E-state index contributed by atoms with van der Waals surface area (Å²) in [5.74, 6) is 0.0512. The molecule has 0 bridgehead atoms. The molecule has 1 aliphatic rings. The fourth-order valence-corrected chi connectivity index (χ4v) is 1.48. The number of alkyl halides is 1. The van der Waals surface area contributed by atoms with Crippen molar-refractivity contribution in [3.05, 3.63) is 0 Å². The normalized spacial score (nSPS) is 29.9. The maximum atomic E-state index is 13.3. The van der Waals surface area contributed by atoms with E-state index in [4.69, 9.17) is 0 Å². The minimum atomic E-state index is -1.16. The van der Waals surface area contributed by atoms with Gasteiger partial charge in [0.15, 0.2) is 0 Å². The summed E-state index contributed by atoms with van der Waals surface area (Å²) in [5.41, 5.74) is -1.16. The van der Waals surface area contributed by atoms with Crippen molar-refractivity contribution in [2.24, 2.45) is 5.92 Å². The molecule has 0 saturated carbocycles. The second-order valence-corrected chi connectivity index (χ2v) is 4.08. The predicted molar refractivity (Wildman–Crippen MR) is 45.5 cm³/mol. The Kier molecular flexibility index (Phi) is 2.40. The lowest BCUT2D eigenvalue weighted by Gasteiger charge is -2.19. The van der Waals surface area contributed by atoms with Crippen LogP contribution in [0.5, 0.6) is 0 Å². The number of likely N-dealkylation sites (tertiary alicyclic amines) is 1. The predicted octanol–water partition coefficient (Wildman–Crippen LogP) is 1.60. The van der Waals surface area contributed by atoms with Gasteiger partial charge in [-0.2, -0.15) is 0 Å². The van der Waals surface area contributed by atoms with Crippen molar-refractivity contribution >= 4 is 5.91 Å². The summed E-state index contributed by atoms with van der Waals surface area (Å²) in [4.78, 5) is 13.0. The smallest absolute Gasteiger partial charge is 0.225 e. The topological polar surface area (TPSA) is 20.3 Å². The Morgan fingerprint density at radius 2 is 2.17 bits per heavy atom. The van der Waals surface area contributed by atoms with Crippen LogP contribution >= 0.6 is 0 Å². The zero-order valence-corrected chi connectivity index (χ0v) is 7.93. The standard InChI is InChI=1S/C9H16FNO/c1-7(2)8(12)11-5-4-9(3,10)6-11/h7H,4-6H2,1-3H3. The highest BCUT2D eigenvalue weighted by Gasteiger charge is 2.36. The number of rotatable bonds is 1. The Labute approximate surface area is 72.7 Å². The molecule has 0 radical (unpaired) electrons. The van der Waals surface area contributed by atoms with Gasteiger partial charge in [0.25, 0.3) is 0 Å². The van der Waals surface area contributed by atoms with Crippen LogP contribution in [0.25, 0.3) is 0 Å². The van der Waals surface area contributed by atoms with Gasteiger partial charge >= 0.3 is 0 Å². The molecule has 0 aromatic rings. The summed E-state index contributed by atoms with van der Waals surface area (Å²) in [6.07, 6.45) is 0.478. The number of halogens is 1. The molecule has 1 fully saturated rings. The highest BCUT2D eigenvalue weighted by atomic mass is 19.1. The molecule has 0 N–H and O–H groups in total. The van der Waals surface area contributed by atoms with Crippen LogP contribution in [0.15, 0.2) is 0 Å². The molecule has 1 heterocycles. The van der Waals surface area contributed by atoms with E-state index in [-0.39, 0.29) is 18.4 Å². The molecule has 0 spiro atoms. The molecule has 1 aliphatic heterocycles. The minimum absolute atomic E-state index is 0.0149. The molecule has 1 amide bonds. The minimum Gasteiger partial charge on any atom is -0.339 e. The van der Waals surface area contributed by atoms with Crippen LogP contribution in [0.3, 0.4) is 0 Å². The Hall–Kier alpha value is -0.600. The number of hydrogen-bond acceptors (Lipinski definition) is 1. The molecule has 1 atom stereocenters. The molecule has 3 heteroatoms. The lowest BCUT2D eigenvalue weighted by atomic mass is 10.1. The molecule has 0 aliphatic carbocycles. The van der Waals surface area contributed by atoms with E-state index in [1.807, 2.05) is 13.8 Å².